The number of methoxy groups -OCH3 is 1. The minimum atomic E-state index is -0.865. The number of halogens is 2. The maximum absolute atomic E-state index is 13.6. The average molecular weight is 295 g/mol. The summed E-state index contributed by atoms with van der Waals surface area (Å²) in [6, 6.07) is 11.8. The van der Waals surface area contributed by atoms with Crippen LogP contribution in [0.25, 0.3) is 0 Å². The molecule has 2 nitrogen and oxygen atoms in total. The molecule has 4 heteroatoms. The molecule has 1 atom stereocenters. The van der Waals surface area contributed by atoms with Gasteiger partial charge < -0.3 is 9.84 Å². The number of ether oxygens (including phenoxy) is 1. The summed E-state index contributed by atoms with van der Waals surface area (Å²) in [5.41, 5.74) is 1.30. The van der Waals surface area contributed by atoms with Crippen LogP contribution in [0.3, 0.4) is 0 Å². The Morgan fingerprint density at radius 2 is 1.90 bits per heavy atom. The van der Waals surface area contributed by atoms with Crippen molar-refractivity contribution in [3.8, 4) is 5.75 Å². The molecule has 2 rings (SSSR count). The van der Waals surface area contributed by atoms with E-state index in [0.717, 1.165) is 11.3 Å². The molecule has 0 aliphatic heterocycles. The third-order valence-corrected chi connectivity index (χ3v) is 3.42. The molecule has 2 aromatic rings. The fourth-order valence-electron chi connectivity index (χ4n) is 2.02. The van der Waals surface area contributed by atoms with E-state index in [9.17, 15) is 9.50 Å². The van der Waals surface area contributed by atoms with Gasteiger partial charge in [-0.1, -0.05) is 23.7 Å². The lowest BCUT2D eigenvalue weighted by molar-refractivity contribution is 0.163. The lowest BCUT2D eigenvalue weighted by Gasteiger charge is -2.12. The molecule has 0 aliphatic carbocycles. The molecule has 0 radical (unpaired) electrons. The SMILES string of the molecule is COc1ccc(CCC(O)c2cc(Cl)ccc2F)cc1. The van der Waals surface area contributed by atoms with Gasteiger partial charge in [0.1, 0.15) is 11.6 Å². The molecular formula is C16H16ClFO2. The maximum atomic E-state index is 13.6. The highest BCUT2D eigenvalue weighted by Gasteiger charge is 2.13. The molecule has 1 unspecified atom stereocenters. The van der Waals surface area contributed by atoms with Crippen molar-refractivity contribution in [1.82, 2.24) is 0 Å². The van der Waals surface area contributed by atoms with Crippen molar-refractivity contribution in [3.63, 3.8) is 0 Å². The van der Waals surface area contributed by atoms with Crippen LogP contribution in [-0.4, -0.2) is 12.2 Å². The number of aryl methyl sites for hydroxylation is 1. The maximum Gasteiger partial charge on any atom is 0.129 e. The van der Waals surface area contributed by atoms with Gasteiger partial charge in [0.2, 0.25) is 0 Å². The quantitative estimate of drug-likeness (QED) is 0.897. The molecule has 0 amide bonds. The van der Waals surface area contributed by atoms with Crippen molar-refractivity contribution in [1.29, 1.82) is 0 Å². The number of aliphatic hydroxyl groups excluding tert-OH is 1. The smallest absolute Gasteiger partial charge is 0.129 e. The number of hydrogen-bond acceptors (Lipinski definition) is 2. The van der Waals surface area contributed by atoms with E-state index in [0.29, 0.717) is 17.9 Å². The van der Waals surface area contributed by atoms with Crippen LogP contribution in [0.5, 0.6) is 5.75 Å². The van der Waals surface area contributed by atoms with Gasteiger partial charge >= 0.3 is 0 Å². The third kappa shape index (κ3) is 3.71. The Hall–Kier alpha value is -1.58. The van der Waals surface area contributed by atoms with Crippen molar-refractivity contribution in [2.45, 2.75) is 18.9 Å². The van der Waals surface area contributed by atoms with Gasteiger partial charge in [0.15, 0.2) is 0 Å². The van der Waals surface area contributed by atoms with E-state index in [4.69, 9.17) is 16.3 Å². The van der Waals surface area contributed by atoms with E-state index in [1.54, 1.807) is 7.11 Å². The molecule has 0 saturated heterocycles. The fraction of sp³-hybridized carbons (Fsp3) is 0.250. The lowest BCUT2D eigenvalue weighted by Crippen LogP contribution is -2.02. The van der Waals surface area contributed by atoms with Gasteiger partial charge in [-0.25, -0.2) is 4.39 Å². The van der Waals surface area contributed by atoms with Crippen LogP contribution in [0.2, 0.25) is 5.02 Å². The molecule has 20 heavy (non-hydrogen) atoms. The monoisotopic (exact) mass is 294 g/mol. The summed E-state index contributed by atoms with van der Waals surface area (Å²) in [7, 11) is 1.61. The highest BCUT2D eigenvalue weighted by Crippen LogP contribution is 2.25. The summed E-state index contributed by atoms with van der Waals surface area (Å²) < 4.78 is 18.7. The van der Waals surface area contributed by atoms with E-state index in [-0.39, 0.29) is 5.56 Å². The van der Waals surface area contributed by atoms with Crippen LogP contribution < -0.4 is 4.74 Å². The van der Waals surface area contributed by atoms with Gasteiger partial charge in [-0.2, -0.15) is 0 Å². The highest BCUT2D eigenvalue weighted by molar-refractivity contribution is 6.30. The second-order valence-corrected chi connectivity index (χ2v) is 5.00. The number of benzene rings is 2. The minimum Gasteiger partial charge on any atom is -0.497 e. The molecule has 1 N–H and O–H groups in total. The highest BCUT2D eigenvalue weighted by atomic mass is 35.5. The van der Waals surface area contributed by atoms with Crippen LogP contribution in [0.1, 0.15) is 23.7 Å². The molecular weight excluding hydrogens is 279 g/mol. The summed E-state index contributed by atoms with van der Waals surface area (Å²) in [5.74, 6) is 0.354. The van der Waals surface area contributed by atoms with E-state index in [2.05, 4.69) is 0 Å². The molecule has 0 heterocycles. The second kappa shape index (κ2) is 6.73. The van der Waals surface area contributed by atoms with E-state index < -0.39 is 11.9 Å². The first-order chi connectivity index (χ1) is 9.60. The number of aliphatic hydroxyl groups is 1. The molecule has 0 fully saturated rings. The molecule has 2 aromatic carbocycles. The summed E-state index contributed by atoms with van der Waals surface area (Å²) in [6.45, 7) is 0. The van der Waals surface area contributed by atoms with Crippen LogP contribution in [0.4, 0.5) is 4.39 Å². The predicted octanol–water partition coefficient (Wildman–Crippen LogP) is 4.15. The lowest BCUT2D eigenvalue weighted by atomic mass is 10.0. The van der Waals surface area contributed by atoms with Crippen LogP contribution in [-0.2, 0) is 6.42 Å². The Morgan fingerprint density at radius 1 is 1.20 bits per heavy atom. The number of hydrogen-bond donors (Lipinski definition) is 1. The topological polar surface area (TPSA) is 29.5 Å². The molecule has 0 aliphatic rings. The van der Waals surface area contributed by atoms with Gasteiger partial charge in [0.05, 0.1) is 13.2 Å². The standard InChI is InChI=1S/C16H16ClFO2/c1-20-13-6-2-11(3-7-13)4-9-16(19)14-10-12(17)5-8-15(14)18/h2-3,5-8,10,16,19H,4,9H2,1H3. The van der Waals surface area contributed by atoms with E-state index in [1.165, 1.54) is 18.2 Å². The second-order valence-electron chi connectivity index (χ2n) is 4.57. The normalized spacial score (nSPS) is 12.2. The molecule has 0 spiro atoms. The van der Waals surface area contributed by atoms with Gasteiger partial charge in [-0.3, -0.25) is 0 Å². The zero-order valence-corrected chi connectivity index (χ0v) is 11.9. The van der Waals surface area contributed by atoms with Crippen molar-refractivity contribution in [2.75, 3.05) is 7.11 Å². The zero-order valence-electron chi connectivity index (χ0n) is 11.1. The van der Waals surface area contributed by atoms with E-state index in [1.807, 2.05) is 24.3 Å². The van der Waals surface area contributed by atoms with Gasteiger partial charge in [0, 0.05) is 10.6 Å². The largest absolute Gasteiger partial charge is 0.497 e. The molecule has 0 aromatic heterocycles. The molecule has 0 saturated carbocycles. The van der Waals surface area contributed by atoms with E-state index >= 15 is 0 Å². The van der Waals surface area contributed by atoms with Crippen molar-refractivity contribution in [2.24, 2.45) is 0 Å². The number of rotatable bonds is 5. The Morgan fingerprint density at radius 3 is 2.55 bits per heavy atom. The summed E-state index contributed by atoms with van der Waals surface area (Å²) in [5, 5.41) is 10.5. The molecule has 0 bridgehead atoms. The average Bonchev–Trinajstić information content (AvgIpc) is 2.47. The summed E-state index contributed by atoms with van der Waals surface area (Å²) in [4.78, 5) is 0. The zero-order chi connectivity index (χ0) is 14.5. The van der Waals surface area contributed by atoms with Crippen LogP contribution in [0.15, 0.2) is 42.5 Å². The van der Waals surface area contributed by atoms with Crippen molar-refractivity contribution >= 4 is 11.6 Å². The third-order valence-electron chi connectivity index (χ3n) is 3.18. The summed E-state index contributed by atoms with van der Waals surface area (Å²) >= 11 is 5.82. The van der Waals surface area contributed by atoms with Crippen molar-refractivity contribution in [3.05, 3.63) is 64.4 Å². The van der Waals surface area contributed by atoms with Gasteiger partial charge in [-0.05, 0) is 48.7 Å². The van der Waals surface area contributed by atoms with Crippen LogP contribution in [0, 0.1) is 5.82 Å². The minimum absolute atomic E-state index is 0.242. The molecule has 106 valence electrons. The van der Waals surface area contributed by atoms with Crippen LogP contribution >= 0.6 is 11.6 Å². The fourth-order valence-corrected chi connectivity index (χ4v) is 2.20. The first-order valence-electron chi connectivity index (χ1n) is 6.36. The predicted molar refractivity (Wildman–Crippen MR) is 77.7 cm³/mol. The first-order valence-corrected chi connectivity index (χ1v) is 6.74. The van der Waals surface area contributed by atoms with Crippen molar-refractivity contribution < 1.29 is 14.2 Å². The Bertz CT molecular complexity index is 569. The first kappa shape index (κ1) is 14.8. The summed E-state index contributed by atoms with van der Waals surface area (Å²) in [6.07, 6.45) is 0.219. The Kier molecular flexibility index (Phi) is 4.99. The Labute approximate surface area is 122 Å². The van der Waals surface area contributed by atoms with Gasteiger partial charge in [-0.15, -0.1) is 0 Å². The van der Waals surface area contributed by atoms with Gasteiger partial charge in [0.25, 0.3) is 0 Å². The Balaban J connectivity index is 2.00.